The van der Waals surface area contributed by atoms with Gasteiger partial charge in [0.2, 0.25) is 12.6 Å². The molecule has 0 radical (unpaired) electrons. The molecule has 0 saturated carbocycles. The van der Waals surface area contributed by atoms with Gasteiger partial charge in [-0.25, -0.2) is 4.79 Å². The maximum atomic E-state index is 12.9. The van der Waals surface area contributed by atoms with Crippen molar-refractivity contribution in [2.45, 2.75) is 20.8 Å². The number of allylic oxidation sites excluding steroid dienone is 1. The molecule has 2 aromatic rings. The number of ketones is 1. The van der Waals surface area contributed by atoms with Gasteiger partial charge < -0.3 is 19.2 Å². The number of esters is 1. The summed E-state index contributed by atoms with van der Waals surface area (Å²) in [6, 6.07) is 7.16. The van der Waals surface area contributed by atoms with Crippen LogP contribution in [0, 0.1) is 25.2 Å². The van der Waals surface area contributed by atoms with E-state index in [9.17, 15) is 14.9 Å². The van der Waals surface area contributed by atoms with E-state index in [4.69, 9.17) is 14.2 Å². The summed E-state index contributed by atoms with van der Waals surface area (Å²) < 4.78 is 15.8. The largest absolute Gasteiger partial charge is 0.462 e. The zero-order valence-electron chi connectivity index (χ0n) is 15.2. The van der Waals surface area contributed by atoms with E-state index in [1.807, 2.05) is 6.07 Å². The van der Waals surface area contributed by atoms with E-state index in [1.165, 1.54) is 6.08 Å². The number of nitrogens with one attached hydrogen (secondary N) is 1. The summed E-state index contributed by atoms with van der Waals surface area (Å²) in [5.74, 6) is 0.0384. The van der Waals surface area contributed by atoms with Gasteiger partial charge >= 0.3 is 5.97 Å². The predicted molar refractivity (Wildman–Crippen MR) is 96.7 cm³/mol. The number of Topliss-reactive ketones (excluding diaryl/α,β-unsaturated/α-hetero) is 1. The van der Waals surface area contributed by atoms with Crippen molar-refractivity contribution < 1.29 is 23.8 Å². The van der Waals surface area contributed by atoms with Crippen molar-refractivity contribution in [1.29, 1.82) is 5.26 Å². The summed E-state index contributed by atoms with van der Waals surface area (Å²) >= 11 is 0. The topological polar surface area (TPSA) is 101 Å². The third-order valence-corrected chi connectivity index (χ3v) is 4.24. The van der Waals surface area contributed by atoms with Crippen molar-refractivity contribution >= 4 is 17.8 Å². The molecule has 7 nitrogen and oxygen atoms in total. The van der Waals surface area contributed by atoms with Crippen LogP contribution in [0.15, 0.2) is 23.8 Å². The number of hydrogen-bond acceptors (Lipinski definition) is 6. The molecular weight excluding hydrogens is 348 g/mol. The Morgan fingerprint density at radius 1 is 1.33 bits per heavy atom. The highest BCUT2D eigenvalue weighted by atomic mass is 16.7. The fourth-order valence-corrected chi connectivity index (χ4v) is 2.99. The summed E-state index contributed by atoms with van der Waals surface area (Å²) in [6.45, 7) is 5.36. The van der Waals surface area contributed by atoms with Crippen LogP contribution >= 0.6 is 0 Å². The average molecular weight is 366 g/mol. The number of nitriles is 1. The molecule has 0 spiro atoms. The van der Waals surface area contributed by atoms with Crippen molar-refractivity contribution in [2.24, 2.45) is 0 Å². The number of carbonyl (C=O) groups is 2. The van der Waals surface area contributed by atoms with Crippen LogP contribution in [0.3, 0.4) is 0 Å². The van der Waals surface area contributed by atoms with Gasteiger partial charge in [-0.05, 0) is 38.5 Å². The molecule has 1 aromatic heterocycles. The molecular formula is C20H18N2O5. The molecule has 0 bridgehead atoms. The molecule has 27 heavy (non-hydrogen) atoms. The number of H-pyrrole nitrogens is 1. The number of nitrogens with zero attached hydrogens (tertiary/aromatic N) is 1. The first-order valence-corrected chi connectivity index (χ1v) is 8.39. The van der Waals surface area contributed by atoms with Gasteiger partial charge in [0.25, 0.3) is 0 Å². The lowest BCUT2D eigenvalue weighted by Crippen LogP contribution is -2.08. The molecule has 0 aliphatic carbocycles. The second kappa shape index (κ2) is 7.38. The summed E-state index contributed by atoms with van der Waals surface area (Å²) in [4.78, 5) is 27.9. The SMILES string of the molecule is CCOC(=O)c1c(C)[nH]c(C(=O)C(C#N)=Cc2cccc3c2OCO3)c1C. The van der Waals surface area contributed by atoms with E-state index in [1.54, 1.807) is 39.0 Å². The normalized spacial score (nSPS) is 12.6. The number of hydrogen-bond donors (Lipinski definition) is 1. The number of benzene rings is 1. The molecule has 7 heteroatoms. The lowest BCUT2D eigenvalue weighted by atomic mass is 10.0. The number of ether oxygens (including phenoxy) is 3. The summed E-state index contributed by atoms with van der Waals surface area (Å²) in [5.41, 5.74) is 1.96. The quantitative estimate of drug-likeness (QED) is 0.377. The number of aromatic amines is 1. The molecule has 2 heterocycles. The maximum absolute atomic E-state index is 12.9. The van der Waals surface area contributed by atoms with Gasteiger partial charge in [0.1, 0.15) is 11.6 Å². The summed E-state index contributed by atoms with van der Waals surface area (Å²) in [6.07, 6.45) is 1.45. The summed E-state index contributed by atoms with van der Waals surface area (Å²) in [5, 5.41) is 9.51. The Hall–Kier alpha value is -3.53. The lowest BCUT2D eigenvalue weighted by Gasteiger charge is -2.04. The van der Waals surface area contributed by atoms with Gasteiger partial charge in [0, 0.05) is 11.3 Å². The Kier molecular flexibility index (Phi) is 4.99. The first-order valence-electron chi connectivity index (χ1n) is 8.39. The predicted octanol–water partition coefficient (Wildman–Crippen LogP) is 3.33. The number of carbonyl (C=O) groups excluding carboxylic acids is 2. The molecule has 0 amide bonds. The maximum Gasteiger partial charge on any atom is 0.340 e. The smallest absolute Gasteiger partial charge is 0.340 e. The van der Waals surface area contributed by atoms with Crippen LogP contribution in [0.25, 0.3) is 6.08 Å². The van der Waals surface area contributed by atoms with Gasteiger partial charge in [0.05, 0.1) is 17.9 Å². The van der Waals surface area contributed by atoms with Gasteiger partial charge in [-0.15, -0.1) is 0 Å². The number of aryl methyl sites for hydroxylation is 1. The Labute approximate surface area is 156 Å². The van der Waals surface area contributed by atoms with Crippen LogP contribution in [-0.2, 0) is 4.74 Å². The van der Waals surface area contributed by atoms with E-state index < -0.39 is 11.8 Å². The second-order valence-corrected chi connectivity index (χ2v) is 5.93. The van der Waals surface area contributed by atoms with Crippen molar-refractivity contribution in [3.8, 4) is 17.6 Å². The molecule has 0 unspecified atom stereocenters. The fourth-order valence-electron chi connectivity index (χ4n) is 2.99. The Balaban J connectivity index is 2.00. The molecule has 138 valence electrons. The second-order valence-electron chi connectivity index (χ2n) is 5.93. The van der Waals surface area contributed by atoms with Gasteiger partial charge in [-0.3, -0.25) is 4.79 Å². The number of aromatic nitrogens is 1. The Morgan fingerprint density at radius 3 is 2.81 bits per heavy atom. The van der Waals surface area contributed by atoms with Crippen LogP contribution in [0.1, 0.15) is 44.6 Å². The molecule has 1 aromatic carbocycles. The van der Waals surface area contributed by atoms with Crippen molar-refractivity contribution in [3.63, 3.8) is 0 Å². The number of para-hydroxylation sites is 1. The highest BCUT2D eigenvalue weighted by Crippen LogP contribution is 2.36. The lowest BCUT2D eigenvalue weighted by molar-refractivity contribution is 0.0525. The van der Waals surface area contributed by atoms with E-state index in [-0.39, 0.29) is 24.7 Å². The van der Waals surface area contributed by atoms with E-state index >= 15 is 0 Å². The standard InChI is InChI=1S/C20H18N2O5/c1-4-25-20(24)16-11(2)17(22-12(16)3)18(23)14(9-21)8-13-6-5-7-15-19(13)27-10-26-15/h5-8,22H,4,10H2,1-3H3. The van der Waals surface area contributed by atoms with Crippen LogP contribution < -0.4 is 9.47 Å². The van der Waals surface area contributed by atoms with Crippen LogP contribution in [0.2, 0.25) is 0 Å². The summed E-state index contributed by atoms with van der Waals surface area (Å²) in [7, 11) is 0. The van der Waals surface area contributed by atoms with Crippen molar-refractivity contribution in [2.75, 3.05) is 13.4 Å². The molecule has 1 aliphatic rings. The van der Waals surface area contributed by atoms with Gasteiger partial charge in [0.15, 0.2) is 11.5 Å². The minimum absolute atomic E-state index is 0.0846. The van der Waals surface area contributed by atoms with Gasteiger partial charge in [-0.2, -0.15) is 5.26 Å². The first kappa shape index (κ1) is 18.3. The third kappa shape index (κ3) is 3.29. The average Bonchev–Trinajstić information content (AvgIpc) is 3.24. The van der Waals surface area contributed by atoms with Crippen molar-refractivity contribution in [1.82, 2.24) is 4.98 Å². The molecule has 1 N–H and O–H groups in total. The zero-order chi connectivity index (χ0) is 19.6. The monoisotopic (exact) mass is 366 g/mol. The minimum atomic E-state index is -0.509. The van der Waals surface area contributed by atoms with Crippen LogP contribution in [0.4, 0.5) is 0 Å². The number of rotatable bonds is 5. The molecule has 0 fully saturated rings. The third-order valence-electron chi connectivity index (χ3n) is 4.24. The van der Waals surface area contributed by atoms with Crippen molar-refractivity contribution in [3.05, 3.63) is 51.9 Å². The fraction of sp³-hybridized carbons (Fsp3) is 0.250. The highest BCUT2D eigenvalue weighted by Gasteiger charge is 2.25. The Morgan fingerprint density at radius 2 is 2.11 bits per heavy atom. The van der Waals surface area contributed by atoms with E-state index in [0.29, 0.717) is 33.9 Å². The van der Waals surface area contributed by atoms with Crippen LogP contribution in [-0.4, -0.2) is 30.1 Å². The van der Waals surface area contributed by atoms with E-state index in [2.05, 4.69) is 4.98 Å². The van der Waals surface area contributed by atoms with Gasteiger partial charge in [-0.1, -0.05) is 12.1 Å². The highest BCUT2D eigenvalue weighted by molar-refractivity contribution is 6.15. The molecule has 1 aliphatic heterocycles. The van der Waals surface area contributed by atoms with E-state index in [0.717, 1.165) is 0 Å². The molecule has 0 saturated heterocycles. The zero-order valence-corrected chi connectivity index (χ0v) is 15.2. The first-order chi connectivity index (χ1) is 13.0. The number of fused-ring (bicyclic) bond motifs is 1. The van der Waals surface area contributed by atoms with Crippen LogP contribution in [0.5, 0.6) is 11.5 Å². The minimum Gasteiger partial charge on any atom is -0.462 e. The molecule has 3 rings (SSSR count). The Bertz CT molecular complexity index is 995. The molecule has 0 atom stereocenters.